The maximum absolute atomic E-state index is 0. The Morgan fingerprint density at radius 2 is 0.125 bits per heavy atom. The summed E-state index contributed by atoms with van der Waals surface area (Å²) in [5.41, 5.74) is 0. The molecular formula is H33AlO15. The molecule has 0 saturated carbocycles. The molecule has 30 N–H and O–H groups in total. The first-order chi connectivity index (χ1) is 0. The van der Waals surface area contributed by atoms with Crippen LogP contribution in [-0.2, 0) is 0 Å². The third-order valence-electron chi connectivity index (χ3n) is 0. The fraction of sp³-hybridized carbons (Fsp3) is 0. The molecule has 16 heteroatoms. The standard InChI is InChI=1S/Al.15H2O.3H/h;15*1H2;;;. The highest BCUT2D eigenvalue weighted by Crippen LogP contribution is -0.275. The summed E-state index contributed by atoms with van der Waals surface area (Å²) in [7, 11) is 0. The number of hydrogen-bond acceptors (Lipinski definition) is 0. The van der Waals surface area contributed by atoms with Crippen LogP contribution in [0.4, 0.5) is 0 Å². The zero-order valence-electron chi connectivity index (χ0n) is 7.50. The van der Waals surface area contributed by atoms with Crippen LogP contribution in [-0.4, -0.2) is 99.5 Å². The van der Waals surface area contributed by atoms with Crippen LogP contribution in [0.2, 0.25) is 0 Å². The van der Waals surface area contributed by atoms with Gasteiger partial charge in [0.1, 0.15) is 0 Å². The summed E-state index contributed by atoms with van der Waals surface area (Å²) >= 11 is 0. The fourth-order valence-corrected chi connectivity index (χ4v) is 0. The van der Waals surface area contributed by atoms with Gasteiger partial charge < -0.3 is 82.1 Å². The largest absolute Gasteiger partial charge is 0.412 e. The molecule has 0 aromatic carbocycles. The van der Waals surface area contributed by atoms with E-state index in [0.29, 0.717) is 0 Å². The van der Waals surface area contributed by atoms with Gasteiger partial charge in [-0.25, -0.2) is 0 Å². The van der Waals surface area contributed by atoms with E-state index in [0.717, 1.165) is 0 Å². The topological polar surface area (TPSA) is 472 Å². The van der Waals surface area contributed by atoms with E-state index in [2.05, 4.69) is 0 Å². The van der Waals surface area contributed by atoms with Crippen LogP contribution in [0.1, 0.15) is 0 Å². The Kier molecular flexibility index (Phi) is 30900000000. The predicted molar refractivity (Wildman–Crippen MR) is 64.1 cm³/mol. The van der Waals surface area contributed by atoms with Crippen molar-refractivity contribution in [3.8, 4) is 0 Å². The molecule has 0 aliphatic carbocycles. The lowest BCUT2D eigenvalue weighted by molar-refractivity contribution is 0.823. The van der Waals surface area contributed by atoms with E-state index >= 15 is 0 Å². The summed E-state index contributed by atoms with van der Waals surface area (Å²) in [6.45, 7) is 0. The lowest BCUT2D eigenvalue weighted by Gasteiger charge is -0.413. The Bertz CT molecular complexity index is 5.40. The SMILES string of the molecule is O.O.O.O.O.O.O.O.O.O.O.O.O.O.O.[AlH3]. The van der Waals surface area contributed by atoms with Crippen molar-refractivity contribution in [2.45, 2.75) is 0 Å². The van der Waals surface area contributed by atoms with Gasteiger partial charge in [-0.05, 0) is 0 Å². The van der Waals surface area contributed by atoms with Gasteiger partial charge in [-0.3, -0.25) is 0 Å². The van der Waals surface area contributed by atoms with Crippen LogP contribution in [0.25, 0.3) is 0 Å². The first-order valence-corrected chi connectivity index (χ1v) is 0. The Balaban J connectivity index is 0. The third-order valence-corrected chi connectivity index (χ3v) is 0. The van der Waals surface area contributed by atoms with Crippen molar-refractivity contribution >= 4 is 17.4 Å². The molecule has 0 amide bonds. The summed E-state index contributed by atoms with van der Waals surface area (Å²) in [6.07, 6.45) is 0. The van der Waals surface area contributed by atoms with Crippen LogP contribution < -0.4 is 0 Å². The summed E-state index contributed by atoms with van der Waals surface area (Å²) in [4.78, 5) is 0. The highest BCUT2D eigenvalue weighted by molar-refractivity contribution is 5.75. The van der Waals surface area contributed by atoms with Crippen LogP contribution >= 0.6 is 0 Å². The minimum Gasteiger partial charge on any atom is -0.412 e. The first-order valence-electron chi connectivity index (χ1n) is 0. The van der Waals surface area contributed by atoms with Gasteiger partial charge in [0.2, 0.25) is 0 Å². The molecule has 15 nitrogen and oxygen atoms in total. The molecule has 0 aliphatic heterocycles. The predicted octanol–water partition coefficient (Wildman–Crippen LogP) is -13.6. The van der Waals surface area contributed by atoms with Crippen molar-refractivity contribution in [3.63, 3.8) is 0 Å². The van der Waals surface area contributed by atoms with E-state index in [1.807, 2.05) is 0 Å². The minimum atomic E-state index is 0. The number of rotatable bonds is 0. The molecule has 0 aliphatic rings. The molecule has 126 valence electrons. The van der Waals surface area contributed by atoms with E-state index < -0.39 is 0 Å². The molecular weight excluding hydrogens is 267 g/mol. The molecule has 0 spiro atoms. The monoisotopic (exact) mass is 300 g/mol. The van der Waals surface area contributed by atoms with E-state index in [-0.39, 0.29) is 99.5 Å². The Hall–Kier alpha value is -0.0675. The molecule has 16 heavy (non-hydrogen) atoms. The second-order valence-electron chi connectivity index (χ2n) is 0. The van der Waals surface area contributed by atoms with Gasteiger partial charge in [0.15, 0.2) is 17.4 Å². The Morgan fingerprint density at radius 1 is 0.125 bits per heavy atom. The van der Waals surface area contributed by atoms with Gasteiger partial charge in [-0.15, -0.1) is 0 Å². The van der Waals surface area contributed by atoms with Gasteiger partial charge in [-0.1, -0.05) is 0 Å². The summed E-state index contributed by atoms with van der Waals surface area (Å²) in [5, 5.41) is 0. The van der Waals surface area contributed by atoms with Crippen LogP contribution in [0, 0.1) is 0 Å². The molecule has 0 fully saturated rings. The molecule has 0 bridgehead atoms. The van der Waals surface area contributed by atoms with E-state index in [1.54, 1.807) is 0 Å². The maximum Gasteiger partial charge on any atom is 0.187 e. The number of hydrogen-bond donors (Lipinski definition) is 0. The maximum atomic E-state index is 0. The summed E-state index contributed by atoms with van der Waals surface area (Å²) < 4.78 is 0. The van der Waals surface area contributed by atoms with Crippen molar-refractivity contribution < 1.29 is 82.1 Å². The highest BCUT2D eigenvalue weighted by Gasteiger charge is 0.187. The van der Waals surface area contributed by atoms with Gasteiger partial charge in [0.25, 0.3) is 0 Å². The van der Waals surface area contributed by atoms with Crippen LogP contribution in [0.3, 0.4) is 0 Å². The van der Waals surface area contributed by atoms with Crippen molar-refractivity contribution in [2.24, 2.45) is 0 Å². The van der Waals surface area contributed by atoms with E-state index in [9.17, 15) is 0 Å². The summed E-state index contributed by atoms with van der Waals surface area (Å²) in [5.74, 6) is 0. The molecule has 0 radical (unpaired) electrons. The molecule has 0 saturated heterocycles. The van der Waals surface area contributed by atoms with Gasteiger partial charge in [-0.2, -0.15) is 0 Å². The lowest BCUT2D eigenvalue weighted by atomic mass is 16.0. The van der Waals surface area contributed by atoms with Crippen LogP contribution in [0.15, 0.2) is 0 Å². The minimum absolute atomic E-state index is 0. The Morgan fingerprint density at radius 3 is 0.125 bits per heavy atom. The van der Waals surface area contributed by atoms with Crippen molar-refractivity contribution in [1.29, 1.82) is 0 Å². The normalized spacial score (nSPS) is 0. The molecule has 0 atom stereocenters. The van der Waals surface area contributed by atoms with Gasteiger partial charge >= 0.3 is 0 Å². The average molecular weight is 300 g/mol. The van der Waals surface area contributed by atoms with E-state index in [1.165, 1.54) is 0 Å². The zero-order valence-corrected chi connectivity index (χ0v) is 7.50. The molecule has 0 heterocycles. The quantitative estimate of drug-likeness (QED) is 0.375. The molecule has 0 aromatic heterocycles. The zero-order chi connectivity index (χ0) is 0. The van der Waals surface area contributed by atoms with Gasteiger partial charge in [0.05, 0.1) is 0 Å². The summed E-state index contributed by atoms with van der Waals surface area (Å²) in [6, 6.07) is 0. The fourth-order valence-electron chi connectivity index (χ4n) is 0. The first kappa shape index (κ1) is 779000. The molecule has 0 unspecified atom stereocenters. The van der Waals surface area contributed by atoms with Gasteiger partial charge in [0, 0.05) is 0 Å². The van der Waals surface area contributed by atoms with Crippen molar-refractivity contribution in [2.75, 3.05) is 0 Å². The molecule has 0 aromatic rings. The Labute approximate surface area is 100 Å². The average Bonchev–Trinajstić information content (AvgIpc) is 0. The third kappa shape index (κ3) is 511000. The second-order valence-corrected chi connectivity index (χ2v) is 0. The smallest absolute Gasteiger partial charge is 0.187 e. The second kappa shape index (κ2) is 636000. The highest BCUT2D eigenvalue weighted by atomic mass is 27.0. The van der Waals surface area contributed by atoms with Crippen LogP contribution in [0.5, 0.6) is 0 Å². The molecule has 0 rings (SSSR count). The van der Waals surface area contributed by atoms with Crippen molar-refractivity contribution in [3.05, 3.63) is 0 Å². The van der Waals surface area contributed by atoms with Crippen molar-refractivity contribution in [1.82, 2.24) is 0 Å². The van der Waals surface area contributed by atoms with E-state index in [4.69, 9.17) is 0 Å². The lowest BCUT2D eigenvalue weighted by Crippen LogP contribution is -0.381.